The summed E-state index contributed by atoms with van der Waals surface area (Å²) in [6.07, 6.45) is 5.10. The molecule has 4 nitrogen and oxygen atoms in total. The van der Waals surface area contributed by atoms with Crippen LogP contribution in [0.25, 0.3) is 0 Å². The molecule has 0 aromatic carbocycles. The first-order valence-electron chi connectivity index (χ1n) is 7.41. The fraction of sp³-hybridized carbons (Fsp3) is 0.929. The fourth-order valence-electron chi connectivity index (χ4n) is 3.86. The van der Waals surface area contributed by atoms with Gasteiger partial charge in [0.05, 0.1) is 13.2 Å². The Kier molecular flexibility index (Phi) is 3.85. The minimum Gasteiger partial charge on any atom is -0.379 e. The molecule has 102 valence electrons. The predicted molar refractivity (Wildman–Crippen MR) is 69.2 cm³/mol. The van der Waals surface area contributed by atoms with E-state index in [9.17, 15) is 4.79 Å². The number of hydrogen-bond donors (Lipinski definition) is 1. The monoisotopic (exact) mass is 252 g/mol. The third kappa shape index (κ3) is 2.69. The molecule has 1 heterocycles. The summed E-state index contributed by atoms with van der Waals surface area (Å²) in [5.41, 5.74) is 0. The highest BCUT2D eigenvalue weighted by Gasteiger charge is 2.42. The number of hydrogen-bond acceptors (Lipinski definition) is 3. The van der Waals surface area contributed by atoms with Crippen LogP contribution in [0, 0.1) is 17.8 Å². The van der Waals surface area contributed by atoms with Gasteiger partial charge < -0.3 is 10.1 Å². The second-order valence-electron chi connectivity index (χ2n) is 6.03. The first-order chi connectivity index (χ1) is 8.83. The molecule has 4 heteroatoms. The summed E-state index contributed by atoms with van der Waals surface area (Å²) in [6.45, 7) is 5.44. The zero-order valence-electron chi connectivity index (χ0n) is 11.1. The Bertz CT molecular complexity index is 302. The minimum absolute atomic E-state index is 0.315. The van der Waals surface area contributed by atoms with Gasteiger partial charge in [-0.15, -0.1) is 0 Å². The van der Waals surface area contributed by atoms with Crippen molar-refractivity contribution in [2.75, 3.05) is 39.4 Å². The van der Waals surface area contributed by atoms with Gasteiger partial charge in [-0.3, -0.25) is 9.69 Å². The van der Waals surface area contributed by atoms with Crippen molar-refractivity contribution in [2.24, 2.45) is 17.8 Å². The topological polar surface area (TPSA) is 41.6 Å². The molecule has 2 bridgehead atoms. The summed E-state index contributed by atoms with van der Waals surface area (Å²) in [6, 6.07) is 0. The SMILES string of the molecule is O=C(NCCN1CCOCC1)[C@H]1C[C@H]2CC[C@@H]1C2. The van der Waals surface area contributed by atoms with Crippen LogP contribution >= 0.6 is 0 Å². The molecule has 1 saturated heterocycles. The molecule has 3 aliphatic rings. The average molecular weight is 252 g/mol. The summed E-state index contributed by atoms with van der Waals surface area (Å²) >= 11 is 0. The number of carbonyl (C=O) groups excluding carboxylic acids is 1. The normalized spacial score (nSPS) is 35.9. The van der Waals surface area contributed by atoms with E-state index in [0.717, 1.165) is 51.7 Å². The maximum atomic E-state index is 12.1. The van der Waals surface area contributed by atoms with E-state index in [4.69, 9.17) is 4.74 Å². The summed E-state index contributed by atoms with van der Waals surface area (Å²) < 4.78 is 5.31. The molecule has 3 fully saturated rings. The zero-order chi connectivity index (χ0) is 12.4. The molecule has 0 aromatic rings. The van der Waals surface area contributed by atoms with Gasteiger partial charge in [0.15, 0.2) is 0 Å². The molecule has 0 spiro atoms. The molecule has 1 aliphatic heterocycles. The van der Waals surface area contributed by atoms with Gasteiger partial charge in [-0.05, 0) is 31.1 Å². The number of rotatable bonds is 4. The third-order valence-electron chi connectivity index (χ3n) is 4.91. The molecule has 2 saturated carbocycles. The van der Waals surface area contributed by atoms with E-state index < -0.39 is 0 Å². The van der Waals surface area contributed by atoms with Crippen LogP contribution in [0.1, 0.15) is 25.7 Å². The van der Waals surface area contributed by atoms with E-state index in [1.165, 1.54) is 19.3 Å². The molecule has 1 N–H and O–H groups in total. The van der Waals surface area contributed by atoms with Crippen molar-refractivity contribution in [1.82, 2.24) is 10.2 Å². The minimum atomic E-state index is 0.315. The van der Waals surface area contributed by atoms with E-state index in [1.54, 1.807) is 0 Å². The smallest absolute Gasteiger partial charge is 0.223 e. The van der Waals surface area contributed by atoms with E-state index in [-0.39, 0.29) is 0 Å². The first-order valence-corrected chi connectivity index (χ1v) is 7.41. The maximum Gasteiger partial charge on any atom is 0.223 e. The standard InChI is InChI=1S/C14H24N2O2/c17-14(13-10-11-1-2-12(13)9-11)15-3-4-16-5-7-18-8-6-16/h11-13H,1-10H2,(H,15,17)/t11-,12+,13-/m0/s1. The Morgan fingerprint density at radius 3 is 2.72 bits per heavy atom. The lowest BCUT2D eigenvalue weighted by molar-refractivity contribution is -0.126. The number of nitrogens with zero attached hydrogens (tertiary/aromatic N) is 1. The number of fused-ring (bicyclic) bond motifs is 2. The van der Waals surface area contributed by atoms with Crippen molar-refractivity contribution >= 4 is 5.91 Å². The van der Waals surface area contributed by atoms with E-state index in [1.807, 2.05) is 0 Å². The Balaban J connectivity index is 1.36. The number of amides is 1. The Morgan fingerprint density at radius 1 is 1.22 bits per heavy atom. The van der Waals surface area contributed by atoms with Crippen molar-refractivity contribution in [2.45, 2.75) is 25.7 Å². The second-order valence-corrected chi connectivity index (χ2v) is 6.03. The Hall–Kier alpha value is -0.610. The van der Waals surface area contributed by atoms with Crippen LogP contribution in [0.3, 0.4) is 0 Å². The molecular weight excluding hydrogens is 228 g/mol. The highest BCUT2D eigenvalue weighted by atomic mass is 16.5. The quantitative estimate of drug-likeness (QED) is 0.807. The lowest BCUT2D eigenvalue weighted by Gasteiger charge is -2.27. The Morgan fingerprint density at radius 2 is 2.06 bits per heavy atom. The summed E-state index contributed by atoms with van der Waals surface area (Å²) in [4.78, 5) is 14.5. The van der Waals surface area contributed by atoms with Gasteiger partial charge in [-0.25, -0.2) is 0 Å². The van der Waals surface area contributed by atoms with Crippen molar-refractivity contribution in [1.29, 1.82) is 0 Å². The van der Waals surface area contributed by atoms with Crippen LogP contribution in [0.2, 0.25) is 0 Å². The average Bonchev–Trinajstić information content (AvgIpc) is 3.02. The van der Waals surface area contributed by atoms with Gasteiger partial charge >= 0.3 is 0 Å². The highest BCUT2D eigenvalue weighted by Crippen LogP contribution is 2.48. The first kappa shape index (κ1) is 12.4. The van der Waals surface area contributed by atoms with Crippen molar-refractivity contribution in [3.63, 3.8) is 0 Å². The van der Waals surface area contributed by atoms with E-state index >= 15 is 0 Å². The predicted octanol–water partition coefficient (Wildman–Crippen LogP) is 0.871. The van der Waals surface area contributed by atoms with Gasteiger partial charge in [0.25, 0.3) is 0 Å². The summed E-state index contributed by atoms with van der Waals surface area (Å²) in [5, 5.41) is 3.14. The number of carbonyl (C=O) groups is 1. The van der Waals surface area contributed by atoms with Gasteiger partial charge in [-0.1, -0.05) is 6.42 Å². The molecule has 0 radical (unpaired) electrons. The Labute approximate surface area is 109 Å². The van der Waals surface area contributed by atoms with Crippen LogP contribution in [0.5, 0.6) is 0 Å². The fourth-order valence-corrected chi connectivity index (χ4v) is 3.86. The molecule has 0 aromatic heterocycles. The molecule has 2 aliphatic carbocycles. The highest BCUT2D eigenvalue weighted by molar-refractivity contribution is 5.79. The second kappa shape index (κ2) is 5.57. The summed E-state index contributed by atoms with van der Waals surface area (Å²) in [7, 11) is 0. The van der Waals surface area contributed by atoms with Gasteiger partial charge in [0.2, 0.25) is 5.91 Å². The molecule has 18 heavy (non-hydrogen) atoms. The molecule has 3 rings (SSSR count). The van der Waals surface area contributed by atoms with E-state index in [0.29, 0.717) is 17.7 Å². The van der Waals surface area contributed by atoms with Gasteiger partial charge in [-0.2, -0.15) is 0 Å². The van der Waals surface area contributed by atoms with Crippen LogP contribution in [-0.2, 0) is 9.53 Å². The van der Waals surface area contributed by atoms with Crippen molar-refractivity contribution in [3.05, 3.63) is 0 Å². The third-order valence-corrected chi connectivity index (χ3v) is 4.91. The van der Waals surface area contributed by atoms with Crippen LogP contribution in [0.15, 0.2) is 0 Å². The molecule has 3 atom stereocenters. The zero-order valence-corrected chi connectivity index (χ0v) is 11.1. The van der Waals surface area contributed by atoms with Crippen LogP contribution < -0.4 is 5.32 Å². The molecule has 1 amide bonds. The number of nitrogens with one attached hydrogen (secondary N) is 1. The van der Waals surface area contributed by atoms with Crippen molar-refractivity contribution < 1.29 is 9.53 Å². The van der Waals surface area contributed by atoms with E-state index in [2.05, 4.69) is 10.2 Å². The van der Waals surface area contributed by atoms with Crippen LogP contribution in [0.4, 0.5) is 0 Å². The van der Waals surface area contributed by atoms with Crippen LogP contribution in [-0.4, -0.2) is 50.2 Å². The summed E-state index contributed by atoms with van der Waals surface area (Å²) in [5.74, 6) is 2.19. The lowest BCUT2D eigenvalue weighted by atomic mass is 9.88. The lowest BCUT2D eigenvalue weighted by Crippen LogP contribution is -2.43. The number of morpholine rings is 1. The molecule has 0 unspecified atom stereocenters. The van der Waals surface area contributed by atoms with Gasteiger partial charge in [0, 0.05) is 32.1 Å². The maximum absolute atomic E-state index is 12.1. The molecular formula is C14H24N2O2. The van der Waals surface area contributed by atoms with Gasteiger partial charge in [0.1, 0.15) is 0 Å². The largest absolute Gasteiger partial charge is 0.379 e. The van der Waals surface area contributed by atoms with Crippen molar-refractivity contribution in [3.8, 4) is 0 Å². The number of ether oxygens (including phenoxy) is 1.